The molecule has 0 N–H and O–H groups in total. The van der Waals surface area contributed by atoms with Gasteiger partial charge in [-0.05, 0) is 23.8 Å². The monoisotopic (exact) mass is 261 g/mol. The molecule has 0 aliphatic carbocycles. The van der Waals surface area contributed by atoms with Crippen LogP contribution < -0.4 is 4.74 Å². The predicted molar refractivity (Wildman–Crippen MR) is 69.6 cm³/mol. The Bertz CT molecular complexity index is 544. The Labute approximate surface area is 109 Å². The number of aromatic nitrogens is 1. The van der Waals surface area contributed by atoms with E-state index in [0.717, 1.165) is 5.75 Å². The van der Waals surface area contributed by atoms with Gasteiger partial charge in [0.1, 0.15) is 5.75 Å². The smallest absolute Gasteiger partial charge is 0.213 e. The molecule has 3 rings (SSSR count). The minimum absolute atomic E-state index is 0.399. The third kappa shape index (κ3) is 2.34. The first-order chi connectivity index (χ1) is 8.83. The van der Waals surface area contributed by atoms with E-state index in [9.17, 15) is 4.39 Å². The highest BCUT2D eigenvalue weighted by molar-refractivity contribution is 7.99. The zero-order chi connectivity index (χ0) is 12.4. The largest absolute Gasteiger partial charge is 0.491 e. The van der Waals surface area contributed by atoms with Crippen LogP contribution in [0.5, 0.6) is 5.75 Å². The Balaban J connectivity index is 1.67. The van der Waals surface area contributed by atoms with Crippen molar-refractivity contribution in [1.29, 1.82) is 0 Å². The number of rotatable bonds is 3. The second kappa shape index (κ2) is 4.98. The van der Waals surface area contributed by atoms with E-state index in [4.69, 9.17) is 4.74 Å². The van der Waals surface area contributed by atoms with Gasteiger partial charge in [0.15, 0.2) is 0 Å². The third-order valence-electron chi connectivity index (χ3n) is 2.95. The lowest BCUT2D eigenvalue weighted by atomic mass is 10.0. The second-order valence-corrected chi connectivity index (χ2v) is 5.24. The van der Waals surface area contributed by atoms with Crippen LogP contribution in [-0.2, 0) is 0 Å². The molecule has 2 nitrogen and oxygen atoms in total. The van der Waals surface area contributed by atoms with Crippen molar-refractivity contribution in [2.75, 3.05) is 12.4 Å². The van der Waals surface area contributed by atoms with Crippen molar-refractivity contribution < 1.29 is 9.13 Å². The summed E-state index contributed by atoms with van der Waals surface area (Å²) < 4.78 is 18.3. The fourth-order valence-electron chi connectivity index (χ4n) is 2.01. The summed E-state index contributed by atoms with van der Waals surface area (Å²) in [5.74, 6) is 1.57. The van der Waals surface area contributed by atoms with Crippen molar-refractivity contribution in [2.24, 2.45) is 0 Å². The second-order valence-electron chi connectivity index (χ2n) is 4.17. The lowest BCUT2D eigenvalue weighted by molar-refractivity contribution is 0.296. The fourth-order valence-corrected chi connectivity index (χ4v) is 3.24. The SMILES string of the molecule is Fc1ccc(OCC2CSc3ccccc32)cn1. The first kappa shape index (κ1) is 11.5. The first-order valence-corrected chi connectivity index (χ1v) is 6.77. The lowest BCUT2D eigenvalue weighted by Crippen LogP contribution is -2.09. The molecule has 0 saturated heterocycles. The van der Waals surface area contributed by atoms with Crippen LogP contribution in [0.15, 0.2) is 47.5 Å². The summed E-state index contributed by atoms with van der Waals surface area (Å²) in [4.78, 5) is 4.91. The highest BCUT2D eigenvalue weighted by Crippen LogP contribution is 2.39. The third-order valence-corrected chi connectivity index (χ3v) is 4.20. The van der Waals surface area contributed by atoms with E-state index in [-0.39, 0.29) is 0 Å². The number of benzene rings is 1. The van der Waals surface area contributed by atoms with Crippen LogP contribution in [0.3, 0.4) is 0 Å². The number of ether oxygens (including phenoxy) is 1. The van der Waals surface area contributed by atoms with Gasteiger partial charge >= 0.3 is 0 Å². The van der Waals surface area contributed by atoms with E-state index >= 15 is 0 Å². The Morgan fingerprint density at radius 3 is 3.00 bits per heavy atom. The fraction of sp³-hybridized carbons (Fsp3) is 0.214. The van der Waals surface area contributed by atoms with Gasteiger partial charge in [0, 0.05) is 16.6 Å². The van der Waals surface area contributed by atoms with Crippen molar-refractivity contribution in [1.82, 2.24) is 4.98 Å². The molecule has 0 amide bonds. The van der Waals surface area contributed by atoms with Gasteiger partial charge in [0.25, 0.3) is 0 Å². The molecule has 4 heteroatoms. The summed E-state index contributed by atoms with van der Waals surface area (Å²) in [6.07, 6.45) is 1.42. The van der Waals surface area contributed by atoms with Crippen LogP contribution in [0.4, 0.5) is 4.39 Å². The highest BCUT2D eigenvalue weighted by Gasteiger charge is 2.23. The maximum absolute atomic E-state index is 12.7. The molecule has 18 heavy (non-hydrogen) atoms. The predicted octanol–water partition coefficient (Wildman–Crippen LogP) is 3.49. The van der Waals surface area contributed by atoms with Crippen molar-refractivity contribution in [3.8, 4) is 5.75 Å². The van der Waals surface area contributed by atoms with Gasteiger partial charge in [0.05, 0.1) is 12.8 Å². The van der Waals surface area contributed by atoms with Crippen LogP contribution in [0.2, 0.25) is 0 Å². The maximum atomic E-state index is 12.7. The molecule has 1 aliphatic heterocycles. The number of hydrogen-bond donors (Lipinski definition) is 0. The van der Waals surface area contributed by atoms with Crippen molar-refractivity contribution in [2.45, 2.75) is 10.8 Å². The number of hydrogen-bond acceptors (Lipinski definition) is 3. The molecule has 1 aliphatic rings. The van der Waals surface area contributed by atoms with Gasteiger partial charge in [-0.25, -0.2) is 4.98 Å². The molecule has 1 atom stereocenters. The quantitative estimate of drug-likeness (QED) is 0.790. The van der Waals surface area contributed by atoms with Crippen LogP contribution in [0.1, 0.15) is 11.5 Å². The van der Waals surface area contributed by atoms with E-state index in [0.29, 0.717) is 18.3 Å². The molecule has 2 heterocycles. The van der Waals surface area contributed by atoms with Crippen LogP contribution >= 0.6 is 11.8 Å². The Kier molecular flexibility index (Phi) is 3.19. The minimum Gasteiger partial charge on any atom is -0.491 e. The van der Waals surface area contributed by atoms with Crippen molar-refractivity contribution in [3.63, 3.8) is 0 Å². The van der Waals surface area contributed by atoms with Gasteiger partial charge in [0.2, 0.25) is 5.95 Å². The molecule has 92 valence electrons. The van der Waals surface area contributed by atoms with Crippen LogP contribution in [0, 0.1) is 5.95 Å². The van der Waals surface area contributed by atoms with E-state index in [1.54, 1.807) is 6.07 Å². The molecular formula is C14H12FNOS. The molecular weight excluding hydrogens is 249 g/mol. The van der Waals surface area contributed by atoms with E-state index in [1.807, 2.05) is 11.8 Å². The van der Waals surface area contributed by atoms with Crippen molar-refractivity contribution in [3.05, 3.63) is 54.1 Å². The molecule has 0 spiro atoms. The van der Waals surface area contributed by atoms with Gasteiger partial charge in [-0.1, -0.05) is 18.2 Å². The summed E-state index contributed by atoms with van der Waals surface area (Å²) in [7, 11) is 0. The number of fused-ring (bicyclic) bond motifs is 1. The first-order valence-electron chi connectivity index (χ1n) is 5.79. The number of pyridine rings is 1. The average molecular weight is 261 g/mol. The van der Waals surface area contributed by atoms with Crippen molar-refractivity contribution >= 4 is 11.8 Å². The summed E-state index contributed by atoms with van der Waals surface area (Å²) in [5.41, 5.74) is 1.34. The zero-order valence-electron chi connectivity index (χ0n) is 9.67. The Morgan fingerprint density at radius 2 is 2.17 bits per heavy atom. The summed E-state index contributed by atoms with van der Waals surface area (Å²) >= 11 is 1.86. The summed E-state index contributed by atoms with van der Waals surface area (Å²) in [6.45, 7) is 0.608. The van der Waals surface area contributed by atoms with E-state index < -0.39 is 5.95 Å². The van der Waals surface area contributed by atoms with Gasteiger partial charge in [-0.3, -0.25) is 0 Å². The molecule has 2 aromatic rings. The molecule has 1 aromatic carbocycles. The zero-order valence-corrected chi connectivity index (χ0v) is 10.5. The van der Waals surface area contributed by atoms with E-state index in [1.165, 1.54) is 22.7 Å². The van der Waals surface area contributed by atoms with Crippen LogP contribution in [-0.4, -0.2) is 17.3 Å². The summed E-state index contributed by atoms with van der Waals surface area (Å²) in [5, 5.41) is 0. The molecule has 0 bridgehead atoms. The highest BCUT2D eigenvalue weighted by atomic mass is 32.2. The number of halogens is 1. The number of nitrogens with zero attached hydrogens (tertiary/aromatic N) is 1. The topological polar surface area (TPSA) is 22.1 Å². The molecule has 0 radical (unpaired) electrons. The van der Waals surface area contributed by atoms with Gasteiger partial charge in [-0.15, -0.1) is 11.8 Å². The van der Waals surface area contributed by atoms with Crippen LogP contribution in [0.25, 0.3) is 0 Å². The lowest BCUT2D eigenvalue weighted by Gasteiger charge is -2.12. The Morgan fingerprint density at radius 1 is 1.28 bits per heavy atom. The molecule has 1 aromatic heterocycles. The van der Waals surface area contributed by atoms with Gasteiger partial charge in [-0.2, -0.15) is 4.39 Å². The number of thioether (sulfide) groups is 1. The summed E-state index contributed by atoms with van der Waals surface area (Å²) in [6, 6.07) is 11.3. The standard InChI is InChI=1S/C14H12FNOS/c15-14-6-5-11(7-16-14)17-8-10-9-18-13-4-2-1-3-12(10)13/h1-7,10H,8-9H2. The maximum Gasteiger partial charge on any atom is 0.213 e. The Hall–Kier alpha value is -1.55. The van der Waals surface area contributed by atoms with Gasteiger partial charge < -0.3 is 4.74 Å². The molecule has 1 unspecified atom stereocenters. The molecule has 0 saturated carbocycles. The average Bonchev–Trinajstić information content (AvgIpc) is 2.82. The normalized spacial score (nSPS) is 17.5. The van der Waals surface area contributed by atoms with E-state index in [2.05, 4.69) is 29.2 Å². The molecule has 0 fully saturated rings. The minimum atomic E-state index is -0.482.